The van der Waals surface area contributed by atoms with Crippen LogP contribution in [-0.4, -0.2) is 30.3 Å². The highest BCUT2D eigenvalue weighted by Crippen LogP contribution is 2.15. The van der Waals surface area contributed by atoms with E-state index in [0.717, 1.165) is 0 Å². The van der Waals surface area contributed by atoms with E-state index in [9.17, 15) is 9.59 Å². The molecule has 0 aliphatic heterocycles. The molecule has 0 saturated carbocycles. The number of benzene rings is 1. The fourth-order valence-electron chi connectivity index (χ4n) is 1.17. The summed E-state index contributed by atoms with van der Waals surface area (Å²) in [4.78, 5) is 22.0. The SMILES string of the molecule is CC(=O)Nc1cccc(NC(=O)OCCO)c1. The molecule has 6 heteroatoms. The Morgan fingerprint density at radius 3 is 2.53 bits per heavy atom. The van der Waals surface area contributed by atoms with Crippen molar-refractivity contribution < 1.29 is 19.4 Å². The standard InChI is InChI=1S/C11H14N2O4/c1-8(15)12-9-3-2-4-10(7-9)13-11(16)17-6-5-14/h2-4,7,14H,5-6H2,1H3,(H,12,15)(H,13,16). The Hall–Kier alpha value is -2.08. The molecule has 6 nitrogen and oxygen atoms in total. The Balaban J connectivity index is 2.59. The molecule has 1 aromatic carbocycles. The zero-order valence-corrected chi connectivity index (χ0v) is 9.40. The minimum Gasteiger partial charge on any atom is -0.447 e. The van der Waals surface area contributed by atoms with Crippen molar-refractivity contribution in [3.05, 3.63) is 24.3 Å². The van der Waals surface area contributed by atoms with Crippen molar-refractivity contribution >= 4 is 23.4 Å². The molecule has 3 N–H and O–H groups in total. The molecule has 1 rings (SSSR count). The van der Waals surface area contributed by atoms with Crippen LogP contribution in [0, 0.1) is 0 Å². The first-order chi connectivity index (χ1) is 8.11. The average Bonchev–Trinajstić information content (AvgIpc) is 2.26. The molecule has 17 heavy (non-hydrogen) atoms. The van der Waals surface area contributed by atoms with Crippen LogP contribution in [0.5, 0.6) is 0 Å². The van der Waals surface area contributed by atoms with Gasteiger partial charge in [0, 0.05) is 18.3 Å². The first-order valence-corrected chi connectivity index (χ1v) is 5.04. The van der Waals surface area contributed by atoms with Gasteiger partial charge in [0.2, 0.25) is 5.91 Å². The van der Waals surface area contributed by atoms with E-state index in [1.54, 1.807) is 24.3 Å². The van der Waals surface area contributed by atoms with E-state index in [0.29, 0.717) is 11.4 Å². The molecule has 2 amide bonds. The van der Waals surface area contributed by atoms with Crippen molar-refractivity contribution in [2.45, 2.75) is 6.92 Å². The van der Waals surface area contributed by atoms with Gasteiger partial charge in [-0.25, -0.2) is 4.79 Å². The van der Waals surface area contributed by atoms with Crippen molar-refractivity contribution in [2.24, 2.45) is 0 Å². The van der Waals surface area contributed by atoms with Crippen molar-refractivity contribution in [1.82, 2.24) is 0 Å². The van der Waals surface area contributed by atoms with Gasteiger partial charge in [0.1, 0.15) is 6.61 Å². The maximum Gasteiger partial charge on any atom is 0.411 e. The van der Waals surface area contributed by atoms with Crippen molar-refractivity contribution in [2.75, 3.05) is 23.8 Å². The molecule has 0 fully saturated rings. The Kier molecular flexibility index (Phi) is 4.96. The smallest absolute Gasteiger partial charge is 0.411 e. The third-order valence-electron chi connectivity index (χ3n) is 1.75. The van der Waals surface area contributed by atoms with Gasteiger partial charge in [0.25, 0.3) is 0 Å². The van der Waals surface area contributed by atoms with E-state index in [1.807, 2.05) is 0 Å². The maximum atomic E-state index is 11.2. The lowest BCUT2D eigenvalue weighted by molar-refractivity contribution is -0.114. The maximum absolute atomic E-state index is 11.2. The van der Waals surface area contributed by atoms with Crippen LogP contribution in [0.25, 0.3) is 0 Å². The summed E-state index contributed by atoms with van der Waals surface area (Å²) in [6, 6.07) is 6.64. The number of carbonyl (C=O) groups is 2. The second-order valence-electron chi connectivity index (χ2n) is 3.25. The number of aliphatic hydroxyl groups is 1. The second kappa shape index (κ2) is 6.49. The highest BCUT2D eigenvalue weighted by Gasteiger charge is 2.03. The van der Waals surface area contributed by atoms with Gasteiger partial charge in [-0.2, -0.15) is 0 Å². The summed E-state index contributed by atoms with van der Waals surface area (Å²) >= 11 is 0. The second-order valence-corrected chi connectivity index (χ2v) is 3.25. The minimum absolute atomic E-state index is 0.0583. The summed E-state index contributed by atoms with van der Waals surface area (Å²) in [5, 5.41) is 13.5. The highest BCUT2D eigenvalue weighted by molar-refractivity contribution is 5.90. The van der Waals surface area contributed by atoms with Gasteiger partial charge < -0.3 is 15.2 Å². The van der Waals surface area contributed by atoms with Gasteiger partial charge >= 0.3 is 6.09 Å². The molecule has 0 bridgehead atoms. The number of nitrogens with one attached hydrogen (secondary N) is 2. The molecular weight excluding hydrogens is 224 g/mol. The number of amides is 2. The molecule has 0 spiro atoms. The topological polar surface area (TPSA) is 87.7 Å². The lowest BCUT2D eigenvalue weighted by Gasteiger charge is -2.07. The van der Waals surface area contributed by atoms with E-state index < -0.39 is 6.09 Å². The lowest BCUT2D eigenvalue weighted by atomic mass is 10.3. The van der Waals surface area contributed by atoms with Crippen LogP contribution in [-0.2, 0) is 9.53 Å². The van der Waals surface area contributed by atoms with E-state index in [1.165, 1.54) is 6.92 Å². The summed E-state index contributed by atoms with van der Waals surface area (Å²) < 4.78 is 4.63. The van der Waals surface area contributed by atoms with Gasteiger partial charge in [0.15, 0.2) is 0 Å². The molecule has 0 aliphatic rings. The number of hydrogen-bond donors (Lipinski definition) is 3. The number of rotatable bonds is 4. The minimum atomic E-state index is -0.654. The van der Waals surface area contributed by atoms with E-state index in [-0.39, 0.29) is 19.1 Å². The van der Waals surface area contributed by atoms with Crippen LogP contribution in [0.2, 0.25) is 0 Å². The molecule has 0 saturated heterocycles. The van der Waals surface area contributed by atoms with Gasteiger partial charge in [-0.05, 0) is 18.2 Å². The molecule has 0 aromatic heterocycles. The first-order valence-electron chi connectivity index (χ1n) is 5.04. The summed E-state index contributed by atoms with van der Waals surface area (Å²) in [5.74, 6) is -0.190. The zero-order valence-electron chi connectivity index (χ0n) is 9.40. The number of ether oxygens (including phenoxy) is 1. The summed E-state index contributed by atoms with van der Waals surface area (Å²) in [6.45, 7) is 1.12. The molecule has 0 atom stereocenters. The van der Waals surface area contributed by atoms with E-state index in [4.69, 9.17) is 5.11 Å². The molecular formula is C11H14N2O4. The van der Waals surface area contributed by atoms with E-state index in [2.05, 4.69) is 15.4 Å². The molecule has 0 radical (unpaired) electrons. The monoisotopic (exact) mass is 238 g/mol. The van der Waals surface area contributed by atoms with Crippen molar-refractivity contribution in [3.63, 3.8) is 0 Å². The predicted molar refractivity (Wildman–Crippen MR) is 62.8 cm³/mol. The Bertz CT molecular complexity index is 406. The third-order valence-corrected chi connectivity index (χ3v) is 1.75. The Morgan fingerprint density at radius 1 is 1.29 bits per heavy atom. The van der Waals surface area contributed by atoms with Crippen LogP contribution in [0.15, 0.2) is 24.3 Å². The van der Waals surface area contributed by atoms with Gasteiger partial charge in [-0.3, -0.25) is 10.1 Å². The van der Waals surface area contributed by atoms with E-state index >= 15 is 0 Å². The first kappa shape index (κ1) is 13.0. The number of hydrogen-bond acceptors (Lipinski definition) is 4. The van der Waals surface area contributed by atoms with Crippen LogP contribution < -0.4 is 10.6 Å². The number of anilines is 2. The zero-order chi connectivity index (χ0) is 12.7. The summed E-state index contributed by atoms with van der Waals surface area (Å²) in [7, 11) is 0. The quantitative estimate of drug-likeness (QED) is 0.735. The van der Waals surface area contributed by atoms with Crippen LogP contribution in [0.3, 0.4) is 0 Å². The third kappa shape index (κ3) is 4.98. The Morgan fingerprint density at radius 2 is 1.94 bits per heavy atom. The van der Waals surface area contributed by atoms with Crippen LogP contribution in [0.4, 0.5) is 16.2 Å². The molecule has 0 aliphatic carbocycles. The van der Waals surface area contributed by atoms with Crippen molar-refractivity contribution in [3.8, 4) is 0 Å². The molecule has 0 heterocycles. The van der Waals surface area contributed by atoms with Crippen LogP contribution >= 0.6 is 0 Å². The summed E-state index contributed by atoms with van der Waals surface area (Å²) in [6.07, 6.45) is -0.654. The summed E-state index contributed by atoms with van der Waals surface area (Å²) in [5.41, 5.74) is 1.08. The number of aliphatic hydroxyl groups excluding tert-OH is 1. The van der Waals surface area contributed by atoms with Crippen molar-refractivity contribution in [1.29, 1.82) is 0 Å². The van der Waals surface area contributed by atoms with Gasteiger partial charge in [-0.15, -0.1) is 0 Å². The van der Waals surface area contributed by atoms with Gasteiger partial charge in [0.05, 0.1) is 6.61 Å². The lowest BCUT2D eigenvalue weighted by Crippen LogP contribution is -2.16. The number of carbonyl (C=O) groups excluding carboxylic acids is 2. The molecule has 0 unspecified atom stereocenters. The largest absolute Gasteiger partial charge is 0.447 e. The fourth-order valence-corrected chi connectivity index (χ4v) is 1.17. The Labute approximate surface area is 98.6 Å². The fraction of sp³-hybridized carbons (Fsp3) is 0.273. The predicted octanol–water partition coefficient (Wildman–Crippen LogP) is 1.19. The normalized spacial score (nSPS) is 9.53. The van der Waals surface area contributed by atoms with Gasteiger partial charge in [-0.1, -0.05) is 6.07 Å². The molecule has 92 valence electrons. The average molecular weight is 238 g/mol. The highest BCUT2D eigenvalue weighted by atomic mass is 16.6. The van der Waals surface area contributed by atoms with Crippen LogP contribution in [0.1, 0.15) is 6.92 Å². The molecule has 1 aromatic rings.